The third-order valence-electron chi connectivity index (χ3n) is 4.64. The van der Waals surface area contributed by atoms with E-state index in [4.69, 9.17) is 9.47 Å². The second kappa shape index (κ2) is 5.51. The molecule has 1 aromatic carbocycles. The van der Waals surface area contributed by atoms with Gasteiger partial charge in [0.15, 0.2) is 23.8 Å². The average molecular weight is 288 g/mol. The first-order valence-corrected chi connectivity index (χ1v) is 7.56. The molecule has 1 unspecified atom stereocenters. The van der Waals surface area contributed by atoms with E-state index < -0.39 is 0 Å². The highest BCUT2D eigenvalue weighted by Gasteiger charge is 2.38. The van der Waals surface area contributed by atoms with Crippen LogP contribution in [-0.2, 0) is 11.2 Å². The summed E-state index contributed by atoms with van der Waals surface area (Å²) in [5, 5.41) is 0. The van der Waals surface area contributed by atoms with Crippen molar-refractivity contribution in [1.82, 2.24) is 0 Å². The number of carbonyl (C=O) groups excluding carboxylic acids is 1. The Morgan fingerprint density at radius 2 is 1.90 bits per heavy atom. The largest absolute Gasteiger partial charge is 0.493 e. The van der Waals surface area contributed by atoms with Crippen LogP contribution < -0.4 is 9.47 Å². The van der Waals surface area contributed by atoms with Gasteiger partial charge >= 0.3 is 5.91 Å². The van der Waals surface area contributed by atoms with Gasteiger partial charge in [0.1, 0.15) is 0 Å². The first-order valence-electron chi connectivity index (χ1n) is 7.56. The van der Waals surface area contributed by atoms with Crippen molar-refractivity contribution in [2.45, 2.75) is 32.6 Å². The van der Waals surface area contributed by atoms with E-state index in [1.165, 1.54) is 23.3 Å². The number of ether oxygens (including phenoxy) is 2. The van der Waals surface area contributed by atoms with Gasteiger partial charge in [0.2, 0.25) is 0 Å². The van der Waals surface area contributed by atoms with Gasteiger partial charge in [-0.05, 0) is 37.0 Å². The third-order valence-corrected chi connectivity index (χ3v) is 4.64. The topological polar surface area (TPSA) is 38.5 Å². The molecule has 4 heteroatoms. The molecule has 0 spiro atoms. The Kier molecular flexibility index (Phi) is 3.70. The number of nitrogens with zero attached hydrogens (tertiary/aromatic N) is 1. The van der Waals surface area contributed by atoms with Gasteiger partial charge in [0.25, 0.3) is 0 Å². The Morgan fingerprint density at radius 1 is 1.19 bits per heavy atom. The van der Waals surface area contributed by atoms with Gasteiger partial charge in [-0.1, -0.05) is 0 Å². The Labute approximate surface area is 125 Å². The van der Waals surface area contributed by atoms with Crippen LogP contribution in [0.4, 0.5) is 0 Å². The molecule has 21 heavy (non-hydrogen) atoms. The zero-order valence-electron chi connectivity index (χ0n) is 12.9. The first-order chi connectivity index (χ1) is 10.2. The van der Waals surface area contributed by atoms with Crippen molar-refractivity contribution in [2.24, 2.45) is 5.92 Å². The van der Waals surface area contributed by atoms with Crippen LogP contribution >= 0.6 is 0 Å². The van der Waals surface area contributed by atoms with Crippen molar-refractivity contribution < 1.29 is 18.8 Å². The Balaban J connectivity index is 2.21. The van der Waals surface area contributed by atoms with Crippen LogP contribution in [0.3, 0.4) is 0 Å². The van der Waals surface area contributed by atoms with E-state index in [9.17, 15) is 4.79 Å². The summed E-state index contributed by atoms with van der Waals surface area (Å²) in [6.07, 6.45) is 4.42. The number of carbonyl (C=O) groups is 1. The number of methoxy groups -OCH3 is 2. The van der Waals surface area contributed by atoms with Crippen LogP contribution in [0.2, 0.25) is 0 Å². The summed E-state index contributed by atoms with van der Waals surface area (Å²) in [5.74, 6) is 2.13. The SMILES string of the molecule is COc1cc2c(cc1OC)C1=[N+](C(C)=O)CCCC1CC2. The number of hydrogen-bond donors (Lipinski definition) is 0. The number of hydrogen-bond acceptors (Lipinski definition) is 3. The lowest BCUT2D eigenvalue weighted by molar-refractivity contribution is -0.455. The maximum absolute atomic E-state index is 12.0. The molecule has 1 amide bonds. The molecule has 0 radical (unpaired) electrons. The molecule has 1 aliphatic carbocycles. The van der Waals surface area contributed by atoms with E-state index in [1.807, 2.05) is 10.6 Å². The zero-order chi connectivity index (χ0) is 15.0. The summed E-state index contributed by atoms with van der Waals surface area (Å²) in [4.78, 5) is 12.0. The Bertz CT molecular complexity index is 619. The van der Waals surface area contributed by atoms with E-state index in [0.29, 0.717) is 5.92 Å². The van der Waals surface area contributed by atoms with Crippen molar-refractivity contribution >= 4 is 11.6 Å². The van der Waals surface area contributed by atoms with Crippen molar-refractivity contribution in [3.05, 3.63) is 23.3 Å². The van der Waals surface area contributed by atoms with Gasteiger partial charge in [0, 0.05) is 17.9 Å². The predicted octanol–water partition coefficient (Wildman–Crippen LogP) is 2.41. The fourth-order valence-electron chi connectivity index (χ4n) is 3.64. The highest BCUT2D eigenvalue weighted by Crippen LogP contribution is 2.38. The first kappa shape index (κ1) is 14.1. The lowest BCUT2D eigenvalue weighted by Gasteiger charge is -2.28. The van der Waals surface area contributed by atoms with Crippen LogP contribution in [0.25, 0.3) is 0 Å². The fourth-order valence-corrected chi connectivity index (χ4v) is 3.64. The van der Waals surface area contributed by atoms with Crippen LogP contribution in [0.1, 0.15) is 37.3 Å². The lowest BCUT2D eigenvalue weighted by Crippen LogP contribution is -2.39. The molecule has 3 rings (SSSR count). The number of aryl methyl sites for hydroxylation is 1. The van der Waals surface area contributed by atoms with Gasteiger partial charge in [-0.25, -0.2) is 4.79 Å². The molecule has 0 saturated carbocycles. The van der Waals surface area contributed by atoms with Crippen LogP contribution in [0.15, 0.2) is 12.1 Å². The van der Waals surface area contributed by atoms with Crippen molar-refractivity contribution in [2.75, 3.05) is 20.8 Å². The second-order valence-corrected chi connectivity index (χ2v) is 5.80. The quantitative estimate of drug-likeness (QED) is 0.784. The van der Waals surface area contributed by atoms with Gasteiger partial charge in [0.05, 0.1) is 21.1 Å². The zero-order valence-corrected chi connectivity index (χ0v) is 12.9. The third kappa shape index (κ3) is 2.33. The molecular weight excluding hydrogens is 266 g/mol. The van der Waals surface area contributed by atoms with Gasteiger partial charge < -0.3 is 9.47 Å². The Hall–Kier alpha value is -1.84. The summed E-state index contributed by atoms with van der Waals surface area (Å²) in [5.41, 5.74) is 3.61. The minimum absolute atomic E-state index is 0.136. The maximum Gasteiger partial charge on any atom is 0.384 e. The molecule has 0 fully saturated rings. The van der Waals surface area contributed by atoms with Crippen LogP contribution in [-0.4, -0.2) is 37.0 Å². The van der Waals surface area contributed by atoms with Gasteiger partial charge in [-0.3, -0.25) is 0 Å². The van der Waals surface area contributed by atoms with E-state index in [1.54, 1.807) is 21.1 Å². The molecule has 1 aromatic rings. The summed E-state index contributed by atoms with van der Waals surface area (Å²) >= 11 is 0. The number of rotatable bonds is 2. The highest BCUT2D eigenvalue weighted by atomic mass is 16.5. The number of benzene rings is 1. The van der Waals surface area contributed by atoms with Crippen molar-refractivity contribution in [3.8, 4) is 11.5 Å². The molecule has 1 heterocycles. The lowest BCUT2D eigenvalue weighted by atomic mass is 9.78. The molecule has 0 bridgehead atoms. The fraction of sp³-hybridized carbons (Fsp3) is 0.529. The molecule has 0 N–H and O–H groups in total. The van der Waals surface area contributed by atoms with Gasteiger partial charge in [-0.15, -0.1) is 0 Å². The minimum atomic E-state index is 0.136. The molecule has 0 aromatic heterocycles. The minimum Gasteiger partial charge on any atom is -0.493 e. The average Bonchev–Trinajstić information content (AvgIpc) is 2.52. The monoisotopic (exact) mass is 288 g/mol. The van der Waals surface area contributed by atoms with Gasteiger partial charge in [-0.2, -0.15) is 4.58 Å². The van der Waals surface area contributed by atoms with E-state index in [2.05, 4.69) is 6.07 Å². The molecular formula is C17H22NO3+. The maximum atomic E-state index is 12.0. The van der Waals surface area contributed by atoms with E-state index in [0.717, 1.165) is 37.3 Å². The number of fused-ring (bicyclic) bond motifs is 3. The molecule has 0 saturated heterocycles. The number of amides is 1. The normalized spacial score (nSPS) is 20.6. The molecule has 1 atom stereocenters. The molecule has 1 aliphatic heterocycles. The smallest absolute Gasteiger partial charge is 0.384 e. The van der Waals surface area contributed by atoms with Crippen molar-refractivity contribution in [1.29, 1.82) is 0 Å². The Morgan fingerprint density at radius 3 is 2.57 bits per heavy atom. The van der Waals surface area contributed by atoms with Crippen molar-refractivity contribution in [3.63, 3.8) is 0 Å². The van der Waals surface area contributed by atoms with E-state index >= 15 is 0 Å². The molecule has 2 aliphatic rings. The summed E-state index contributed by atoms with van der Waals surface area (Å²) in [7, 11) is 3.31. The summed E-state index contributed by atoms with van der Waals surface area (Å²) < 4.78 is 12.8. The van der Waals surface area contributed by atoms with E-state index in [-0.39, 0.29) is 5.91 Å². The second-order valence-electron chi connectivity index (χ2n) is 5.80. The predicted molar refractivity (Wildman–Crippen MR) is 80.5 cm³/mol. The van der Waals surface area contributed by atoms with Crippen LogP contribution in [0.5, 0.6) is 11.5 Å². The summed E-state index contributed by atoms with van der Waals surface area (Å²) in [6.45, 7) is 2.49. The molecule has 112 valence electrons. The standard InChI is InChI=1S/C17H22NO3/c1-11(19)18-8-4-5-12-6-7-13-9-15(20-2)16(21-3)10-14(13)17(12)18/h9-10,12H,4-8H2,1-3H3/q+1. The highest BCUT2D eigenvalue weighted by molar-refractivity contribution is 6.03. The van der Waals surface area contributed by atoms with Crippen LogP contribution in [0, 0.1) is 5.92 Å². The molecule has 4 nitrogen and oxygen atoms in total. The summed E-state index contributed by atoms with van der Waals surface area (Å²) in [6, 6.07) is 4.10.